The summed E-state index contributed by atoms with van der Waals surface area (Å²) in [6.07, 6.45) is 0. The summed E-state index contributed by atoms with van der Waals surface area (Å²) in [6.45, 7) is 9.63. The van der Waals surface area contributed by atoms with Crippen molar-refractivity contribution in [3.8, 4) is 0 Å². The highest BCUT2D eigenvalue weighted by Crippen LogP contribution is 2.22. The topological polar surface area (TPSA) is 63.1 Å². The van der Waals surface area contributed by atoms with Crippen molar-refractivity contribution in [2.45, 2.75) is 27.7 Å². The predicted octanol–water partition coefficient (Wildman–Crippen LogP) is 1.90. The molecule has 126 valence electrons. The van der Waals surface area contributed by atoms with E-state index in [-0.39, 0.29) is 11.3 Å². The van der Waals surface area contributed by atoms with Gasteiger partial charge >= 0.3 is 0 Å². The fourth-order valence-corrected chi connectivity index (χ4v) is 3.08. The Morgan fingerprint density at radius 2 is 2.00 bits per heavy atom. The summed E-state index contributed by atoms with van der Waals surface area (Å²) in [4.78, 5) is 19.3. The highest BCUT2D eigenvalue weighted by atomic mass is 16.1. The van der Waals surface area contributed by atoms with Crippen molar-refractivity contribution in [2.24, 2.45) is 12.5 Å². The third kappa shape index (κ3) is 3.88. The van der Waals surface area contributed by atoms with Crippen molar-refractivity contribution >= 4 is 16.9 Å². The summed E-state index contributed by atoms with van der Waals surface area (Å²) < 4.78 is 1.73. The number of nitrogens with one attached hydrogen (secondary N) is 1. The predicted molar refractivity (Wildman–Crippen MR) is 92.7 cm³/mol. The minimum absolute atomic E-state index is 0.00430. The molecule has 2 aromatic heterocycles. The van der Waals surface area contributed by atoms with E-state index < -0.39 is 0 Å². The average molecular weight is 317 g/mol. The molecule has 0 aliphatic heterocycles. The van der Waals surface area contributed by atoms with Gasteiger partial charge in [-0.2, -0.15) is 5.10 Å². The lowest BCUT2D eigenvalue weighted by atomic mass is 9.92. The molecule has 0 aliphatic rings. The fourth-order valence-electron chi connectivity index (χ4n) is 3.08. The SMILES string of the molecule is Cc1cc(C(=O)NCC(C)(C)CN(C)C)c2c(C)nn(C)c2n1. The first-order chi connectivity index (χ1) is 10.6. The van der Waals surface area contributed by atoms with Crippen LogP contribution >= 0.6 is 0 Å². The number of pyridine rings is 1. The molecule has 0 aromatic carbocycles. The molecule has 1 N–H and O–H groups in total. The molecule has 2 heterocycles. The van der Waals surface area contributed by atoms with Gasteiger partial charge in [0.05, 0.1) is 16.6 Å². The van der Waals surface area contributed by atoms with Crippen LogP contribution in [0.4, 0.5) is 0 Å². The number of carbonyl (C=O) groups excluding carboxylic acids is 1. The lowest BCUT2D eigenvalue weighted by Gasteiger charge is -2.28. The quantitative estimate of drug-likeness (QED) is 0.915. The largest absolute Gasteiger partial charge is 0.351 e. The second-order valence-corrected chi connectivity index (χ2v) is 7.30. The summed E-state index contributed by atoms with van der Waals surface area (Å²) in [7, 11) is 5.93. The van der Waals surface area contributed by atoms with E-state index in [4.69, 9.17) is 0 Å². The number of aromatic nitrogens is 3. The first kappa shape index (κ1) is 17.4. The van der Waals surface area contributed by atoms with Crippen LogP contribution in [0.25, 0.3) is 11.0 Å². The van der Waals surface area contributed by atoms with Crippen LogP contribution in [0.1, 0.15) is 35.6 Å². The number of nitrogens with zero attached hydrogens (tertiary/aromatic N) is 4. The minimum atomic E-state index is -0.0663. The van der Waals surface area contributed by atoms with Crippen molar-refractivity contribution in [2.75, 3.05) is 27.2 Å². The Morgan fingerprint density at radius 3 is 2.61 bits per heavy atom. The molecule has 0 atom stereocenters. The molecule has 0 bridgehead atoms. The standard InChI is InChI=1S/C17H27N5O/c1-11-8-13(14-12(2)20-22(7)15(14)19-11)16(23)18-9-17(3,4)10-21(5)6/h8H,9-10H2,1-7H3,(H,18,23). The molecule has 1 amide bonds. The Balaban J connectivity index is 2.28. The summed E-state index contributed by atoms with van der Waals surface area (Å²) in [5, 5.41) is 8.29. The molecule has 6 nitrogen and oxygen atoms in total. The molecule has 23 heavy (non-hydrogen) atoms. The number of rotatable bonds is 5. The van der Waals surface area contributed by atoms with Crippen LogP contribution in [-0.4, -0.2) is 52.8 Å². The minimum Gasteiger partial charge on any atom is -0.351 e. The highest BCUT2D eigenvalue weighted by Gasteiger charge is 2.22. The van der Waals surface area contributed by atoms with Crippen molar-refractivity contribution < 1.29 is 4.79 Å². The van der Waals surface area contributed by atoms with Crippen LogP contribution in [0, 0.1) is 19.3 Å². The van der Waals surface area contributed by atoms with Gasteiger partial charge in [-0.15, -0.1) is 0 Å². The number of aryl methyl sites for hydroxylation is 3. The van der Waals surface area contributed by atoms with Crippen LogP contribution < -0.4 is 5.32 Å². The monoisotopic (exact) mass is 317 g/mol. The van der Waals surface area contributed by atoms with Gasteiger partial charge in [0.25, 0.3) is 5.91 Å². The molecular formula is C17H27N5O. The molecule has 6 heteroatoms. The first-order valence-electron chi connectivity index (χ1n) is 7.84. The molecule has 0 saturated heterocycles. The zero-order valence-corrected chi connectivity index (χ0v) is 15.2. The van der Waals surface area contributed by atoms with Crippen molar-refractivity contribution in [3.63, 3.8) is 0 Å². The normalized spacial score (nSPS) is 12.2. The zero-order chi connectivity index (χ0) is 17.4. The number of amides is 1. The summed E-state index contributed by atoms with van der Waals surface area (Å²) >= 11 is 0. The van der Waals surface area contributed by atoms with E-state index >= 15 is 0 Å². The number of carbonyl (C=O) groups is 1. The molecule has 0 saturated carbocycles. The van der Waals surface area contributed by atoms with Gasteiger partial charge < -0.3 is 10.2 Å². The van der Waals surface area contributed by atoms with Crippen LogP contribution in [0.2, 0.25) is 0 Å². The highest BCUT2D eigenvalue weighted by molar-refractivity contribution is 6.06. The van der Waals surface area contributed by atoms with Gasteiger partial charge in [0, 0.05) is 25.8 Å². The fraction of sp³-hybridized carbons (Fsp3) is 0.588. The van der Waals surface area contributed by atoms with E-state index in [9.17, 15) is 4.79 Å². The molecule has 0 unspecified atom stereocenters. The van der Waals surface area contributed by atoms with Gasteiger partial charge in [0.15, 0.2) is 5.65 Å². The molecule has 2 aromatic rings. The number of hydrogen-bond acceptors (Lipinski definition) is 4. The summed E-state index contributed by atoms with van der Waals surface area (Å²) in [5.41, 5.74) is 3.05. The van der Waals surface area contributed by atoms with Gasteiger partial charge in [-0.3, -0.25) is 9.48 Å². The van der Waals surface area contributed by atoms with Crippen molar-refractivity contribution in [1.29, 1.82) is 0 Å². The van der Waals surface area contributed by atoms with Crippen LogP contribution in [-0.2, 0) is 7.05 Å². The lowest BCUT2D eigenvalue weighted by molar-refractivity contribution is 0.0930. The van der Waals surface area contributed by atoms with E-state index in [0.29, 0.717) is 12.1 Å². The maximum atomic E-state index is 12.7. The average Bonchev–Trinajstić information content (AvgIpc) is 2.69. The van der Waals surface area contributed by atoms with Gasteiger partial charge in [-0.05, 0) is 39.4 Å². The molecule has 0 aliphatic carbocycles. The number of fused-ring (bicyclic) bond motifs is 1. The summed E-state index contributed by atoms with van der Waals surface area (Å²) in [5.74, 6) is -0.0663. The van der Waals surface area contributed by atoms with E-state index in [0.717, 1.165) is 29.0 Å². The van der Waals surface area contributed by atoms with E-state index in [2.05, 4.69) is 34.1 Å². The second-order valence-electron chi connectivity index (χ2n) is 7.30. The van der Waals surface area contributed by atoms with Crippen LogP contribution in [0.15, 0.2) is 6.07 Å². The Hall–Kier alpha value is -1.95. The van der Waals surface area contributed by atoms with E-state index in [1.54, 1.807) is 4.68 Å². The van der Waals surface area contributed by atoms with Gasteiger partial charge in [-0.25, -0.2) is 4.98 Å². The van der Waals surface area contributed by atoms with Crippen LogP contribution in [0.3, 0.4) is 0 Å². The maximum Gasteiger partial charge on any atom is 0.252 e. The third-order valence-electron chi connectivity index (χ3n) is 3.81. The van der Waals surface area contributed by atoms with E-state index in [1.165, 1.54) is 0 Å². The maximum absolute atomic E-state index is 12.7. The molecule has 0 fully saturated rings. The molecule has 2 rings (SSSR count). The smallest absolute Gasteiger partial charge is 0.252 e. The first-order valence-corrected chi connectivity index (χ1v) is 7.84. The number of hydrogen-bond donors (Lipinski definition) is 1. The lowest BCUT2D eigenvalue weighted by Crippen LogP contribution is -2.40. The van der Waals surface area contributed by atoms with Crippen molar-refractivity contribution in [3.05, 3.63) is 23.0 Å². The molecular weight excluding hydrogens is 290 g/mol. The second kappa shape index (κ2) is 6.28. The van der Waals surface area contributed by atoms with Gasteiger partial charge in [0.1, 0.15) is 0 Å². The Kier molecular flexibility index (Phi) is 4.75. The summed E-state index contributed by atoms with van der Waals surface area (Å²) in [6, 6.07) is 1.84. The third-order valence-corrected chi connectivity index (χ3v) is 3.81. The molecule has 0 spiro atoms. The molecule has 0 radical (unpaired) electrons. The Morgan fingerprint density at radius 1 is 1.35 bits per heavy atom. The Bertz CT molecular complexity index is 730. The van der Waals surface area contributed by atoms with Crippen LogP contribution in [0.5, 0.6) is 0 Å². The zero-order valence-electron chi connectivity index (χ0n) is 15.2. The van der Waals surface area contributed by atoms with Crippen molar-refractivity contribution in [1.82, 2.24) is 25.0 Å². The Labute approximate surface area is 137 Å². The van der Waals surface area contributed by atoms with E-state index in [1.807, 2.05) is 41.1 Å². The van der Waals surface area contributed by atoms with Gasteiger partial charge in [-0.1, -0.05) is 13.8 Å². The van der Waals surface area contributed by atoms with Gasteiger partial charge in [0.2, 0.25) is 0 Å².